The second kappa shape index (κ2) is 6.91. The second-order valence-electron chi connectivity index (χ2n) is 5.56. The lowest BCUT2D eigenvalue weighted by atomic mass is 9.98. The van der Waals surface area contributed by atoms with Gasteiger partial charge >= 0.3 is 0 Å². The molecule has 0 amide bonds. The first kappa shape index (κ1) is 16.3. The smallest absolute Gasteiger partial charge is 0.150 e. The van der Waals surface area contributed by atoms with E-state index in [1.807, 2.05) is 24.3 Å². The van der Waals surface area contributed by atoms with E-state index in [4.69, 9.17) is 18.0 Å². The molecular formula is C22H16ClF. The zero-order valence-electron chi connectivity index (χ0n) is 13.3. The van der Waals surface area contributed by atoms with Gasteiger partial charge in [0.25, 0.3) is 0 Å². The van der Waals surface area contributed by atoms with Crippen LogP contribution in [0.2, 0.25) is 5.02 Å². The van der Waals surface area contributed by atoms with Gasteiger partial charge in [0, 0.05) is 11.1 Å². The Morgan fingerprint density at radius 2 is 1.42 bits per heavy atom. The zero-order valence-corrected chi connectivity index (χ0v) is 14.1. The summed E-state index contributed by atoms with van der Waals surface area (Å²) in [6.45, 7) is 2.13. The first-order valence-corrected chi connectivity index (χ1v) is 8.16. The van der Waals surface area contributed by atoms with E-state index in [0.29, 0.717) is 11.1 Å². The fourth-order valence-electron chi connectivity index (χ4n) is 2.66. The monoisotopic (exact) mass is 334 g/mol. The van der Waals surface area contributed by atoms with E-state index in [9.17, 15) is 4.39 Å². The fourth-order valence-corrected chi connectivity index (χ4v) is 2.88. The lowest BCUT2D eigenvalue weighted by molar-refractivity contribution is 0.631. The Balaban J connectivity index is 1.95. The van der Waals surface area contributed by atoms with Crippen molar-refractivity contribution in [2.45, 2.75) is 13.3 Å². The zero-order chi connectivity index (χ0) is 17.1. The van der Waals surface area contributed by atoms with Gasteiger partial charge in [-0.1, -0.05) is 79.0 Å². The van der Waals surface area contributed by atoms with Crippen molar-refractivity contribution in [3.8, 4) is 34.6 Å². The highest BCUT2D eigenvalue weighted by Gasteiger charge is 2.12. The summed E-state index contributed by atoms with van der Waals surface area (Å²) in [6, 6.07) is 19.6. The summed E-state index contributed by atoms with van der Waals surface area (Å²) in [7, 11) is 0. The predicted molar refractivity (Wildman–Crippen MR) is 99.6 cm³/mol. The van der Waals surface area contributed by atoms with E-state index < -0.39 is 5.82 Å². The van der Waals surface area contributed by atoms with Crippen LogP contribution in [0, 0.1) is 18.2 Å². The summed E-state index contributed by atoms with van der Waals surface area (Å²) in [5.74, 6) is 1.90. The average molecular weight is 335 g/mol. The summed E-state index contributed by atoms with van der Waals surface area (Å²) < 4.78 is 14.4. The quantitative estimate of drug-likeness (QED) is 0.489. The lowest BCUT2D eigenvalue weighted by Crippen LogP contribution is -1.89. The van der Waals surface area contributed by atoms with Crippen LogP contribution in [0.25, 0.3) is 22.3 Å². The van der Waals surface area contributed by atoms with Crippen LogP contribution < -0.4 is 0 Å². The topological polar surface area (TPSA) is 0 Å². The number of aryl methyl sites for hydroxylation is 1. The number of terminal acetylenes is 1. The van der Waals surface area contributed by atoms with Crippen LogP contribution in [-0.4, -0.2) is 0 Å². The highest BCUT2D eigenvalue weighted by atomic mass is 35.5. The molecule has 0 unspecified atom stereocenters. The van der Waals surface area contributed by atoms with Gasteiger partial charge in [-0.05, 0) is 34.7 Å². The maximum Gasteiger partial charge on any atom is 0.150 e. The summed E-state index contributed by atoms with van der Waals surface area (Å²) in [6.07, 6.45) is 6.33. The van der Waals surface area contributed by atoms with Crippen LogP contribution in [-0.2, 0) is 6.42 Å². The first-order chi connectivity index (χ1) is 11.6. The third-order valence-corrected chi connectivity index (χ3v) is 4.50. The molecule has 0 radical (unpaired) electrons. The van der Waals surface area contributed by atoms with Crippen molar-refractivity contribution >= 4 is 11.6 Å². The normalized spacial score (nSPS) is 10.4. The molecule has 0 aromatic heterocycles. The molecule has 3 rings (SSSR count). The van der Waals surface area contributed by atoms with Crippen molar-refractivity contribution in [2.75, 3.05) is 0 Å². The number of rotatable bonds is 3. The summed E-state index contributed by atoms with van der Waals surface area (Å²) in [4.78, 5) is 0. The molecule has 0 aliphatic heterocycles. The van der Waals surface area contributed by atoms with Gasteiger partial charge in [0.05, 0.1) is 5.02 Å². The maximum atomic E-state index is 14.4. The van der Waals surface area contributed by atoms with Gasteiger partial charge in [0.15, 0.2) is 5.82 Å². The molecule has 0 heterocycles. The minimum absolute atomic E-state index is 0.00534. The van der Waals surface area contributed by atoms with Crippen molar-refractivity contribution in [1.82, 2.24) is 0 Å². The van der Waals surface area contributed by atoms with Crippen molar-refractivity contribution in [3.63, 3.8) is 0 Å². The van der Waals surface area contributed by atoms with E-state index in [1.165, 1.54) is 5.56 Å². The molecule has 0 aliphatic rings. The number of hydrogen-bond donors (Lipinski definition) is 0. The fraction of sp³-hybridized carbons (Fsp3) is 0.0909. The standard InChI is InChI=1S/C22H16ClF/c1-3-15-5-7-17(8-6-15)18-9-11-19(12-10-18)20-14-13-16(4-2)21(23)22(20)24/h2,5-14H,3H2,1H3. The van der Waals surface area contributed by atoms with Crippen LogP contribution in [0.15, 0.2) is 60.7 Å². The van der Waals surface area contributed by atoms with Gasteiger partial charge in [-0.25, -0.2) is 4.39 Å². The Bertz CT molecular complexity index is 900. The van der Waals surface area contributed by atoms with E-state index in [1.54, 1.807) is 12.1 Å². The Kier molecular flexibility index (Phi) is 4.69. The highest BCUT2D eigenvalue weighted by molar-refractivity contribution is 6.32. The minimum Gasteiger partial charge on any atom is -0.205 e. The van der Waals surface area contributed by atoms with Crippen LogP contribution in [0.1, 0.15) is 18.1 Å². The molecule has 0 spiro atoms. The molecule has 0 aliphatic carbocycles. The van der Waals surface area contributed by atoms with Gasteiger partial charge in [-0.15, -0.1) is 6.42 Å². The molecule has 0 atom stereocenters. The molecule has 0 bridgehead atoms. The van der Waals surface area contributed by atoms with Gasteiger partial charge in [0.2, 0.25) is 0 Å². The molecule has 24 heavy (non-hydrogen) atoms. The first-order valence-electron chi connectivity index (χ1n) is 7.78. The molecule has 2 heteroatoms. The van der Waals surface area contributed by atoms with Crippen molar-refractivity contribution < 1.29 is 4.39 Å². The molecule has 0 N–H and O–H groups in total. The third-order valence-electron chi connectivity index (χ3n) is 4.13. The largest absolute Gasteiger partial charge is 0.205 e. The maximum absolute atomic E-state index is 14.4. The Morgan fingerprint density at radius 3 is 1.96 bits per heavy atom. The summed E-state index contributed by atoms with van der Waals surface area (Å²) in [5, 5.41) is -0.00534. The lowest BCUT2D eigenvalue weighted by Gasteiger charge is -2.08. The molecule has 0 nitrogen and oxygen atoms in total. The SMILES string of the molecule is C#Cc1ccc(-c2ccc(-c3ccc(CC)cc3)cc2)c(F)c1Cl. The molecule has 0 saturated heterocycles. The molecule has 0 saturated carbocycles. The minimum atomic E-state index is -0.479. The molecule has 0 fully saturated rings. The Labute approximate surface area is 146 Å². The van der Waals surface area contributed by atoms with E-state index in [-0.39, 0.29) is 5.02 Å². The van der Waals surface area contributed by atoms with Crippen LogP contribution >= 0.6 is 11.6 Å². The van der Waals surface area contributed by atoms with Crippen molar-refractivity contribution in [2.24, 2.45) is 0 Å². The summed E-state index contributed by atoms with van der Waals surface area (Å²) in [5.41, 5.74) is 5.12. The van der Waals surface area contributed by atoms with Crippen molar-refractivity contribution in [1.29, 1.82) is 0 Å². The molecule has 3 aromatic rings. The number of hydrogen-bond acceptors (Lipinski definition) is 0. The predicted octanol–water partition coefficient (Wildman–Crippen LogP) is 6.36. The number of benzene rings is 3. The average Bonchev–Trinajstić information content (AvgIpc) is 2.64. The number of halogens is 2. The highest BCUT2D eigenvalue weighted by Crippen LogP contribution is 2.31. The molecular weight excluding hydrogens is 319 g/mol. The van der Waals surface area contributed by atoms with Crippen LogP contribution in [0.3, 0.4) is 0 Å². The molecule has 3 aromatic carbocycles. The van der Waals surface area contributed by atoms with Crippen LogP contribution in [0.5, 0.6) is 0 Å². The Hall–Kier alpha value is -2.56. The van der Waals surface area contributed by atoms with Gasteiger partial charge in [0.1, 0.15) is 0 Å². The van der Waals surface area contributed by atoms with Gasteiger partial charge < -0.3 is 0 Å². The van der Waals surface area contributed by atoms with E-state index in [2.05, 4.69) is 37.1 Å². The van der Waals surface area contributed by atoms with Gasteiger partial charge in [-0.2, -0.15) is 0 Å². The summed E-state index contributed by atoms with van der Waals surface area (Å²) >= 11 is 5.99. The molecule has 118 valence electrons. The Morgan fingerprint density at radius 1 is 0.875 bits per heavy atom. The van der Waals surface area contributed by atoms with E-state index in [0.717, 1.165) is 23.1 Å². The second-order valence-corrected chi connectivity index (χ2v) is 5.94. The third kappa shape index (κ3) is 3.07. The van der Waals surface area contributed by atoms with Crippen LogP contribution in [0.4, 0.5) is 4.39 Å². The van der Waals surface area contributed by atoms with Gasteiger partial charge in [-0.3, -0.25) is 0 Å². The van der Waals surface area contributed by atoms with Crippen molar-refractivity contribution in [3.05, 3.63) is 82.6 Å². The van der Waals surface area contributed by atoms with E-state index >= 15 is 0 Å².